The first-order valence-corrected chi connectivity index (χ1v) is 7.18. The van der Waals surface area contributed by atoms with E-state index in [0.29, 0.717) is 11.2 Å². The molecule has 0 aliphatic heterocycles. The van der Waals surface area contributed by atoms with Crippen LogP contribution in [0, 0.1) is 6.92 Å². The van der Waals surface area contributed by atoms with Gasteiger partial charge in [-0.05, 0) is 35.4 Å². The molecule has 3 nitrogen and oxygen atoms in total. The van der Waals surface area contributed by atoms with Crippen molar-refractivity contribution in [3.8, 4) is 11.3 Å². The first-order chi connectivity index (χ1) is 10.7. The molecular weight excluding hydrogens is 272 g/mol. The maximum Gasteiger partial charge on any atom is 0.153 e. The van der Waals surface area contributed by atoms with E-state index < -0.39 is 0 Å². The molecule has 0 aliphatic carbocycles. The predicted octanol–water partition coefficient (Wildman–Crippen LogP) is 4.28. The van der Waals surface area contributed by atoms with Gasteiger partial charge in [-0.3, -0.25) is 4.79 Å². The lowest BCUT2D eigenvalue weighted by molar-refractivity contribution is 0.112. The molecule has 0 atom stereocenters. The van der Waals surface area contributed by atoms with Crippen LogP contribution in [0.5, 0.6) is 0 Å². The number of rotatable bonds is 2. The fraction of sp³-hybridized carbons (Fsp3) is 0.0526. The number of aryl methyl sites for hydroxylation is 1. The fourth-order valence-corrected chi connectivity index (χ4v) is 2.85. The SMILES string of the molecule is Cc1cc(C=O)c2nc(-c3ccc4ccccc4c3)cn2c1. The monoisotopic (exact) mass is 286 g/mol. The van der Waals surface area contributed by atoms with Crippen molar-refractivity contribution in [3.63, 3.8) is 0 Å². The van der Waals surface area contributed by atoms with Crippen LogP contribution in [0.4, 0.5) is 0 Å². The molecule has 0 spiro atoms. The lowest BCUT2D eigenvalue weighted by atomic mass is 10.1. The van der Waals surface area contributed by atoms with Crippen molar-refractivity contribution in [3.05, 3.63) is 72.1 Å². The molecule has 22 heavy (non-hydrogen) atoms. The number of imidazole rings is 1. The van der Waals surface area contributed by atoms with E-state index in [9.17, 15) is 4.79 Å². The van der Waals surface area contributed by atoms with Crippen LogP contribution in [0.2, 0.25) is 0 Å². The van der Waals surface area contributed by atoms with E-state index in [1.54, 1.807) is 0 Å². The average molecular weight is 286 g/mol. The normalized spacial score (nSPS) is 11.1. The van der Waals surface area contributed by atoms with Gasteiger partial charge in [0.05, 0.1) is 11.3 Å². The molecule has 2 heterocycles. The molecule has 3 heteroatoms. The second-order valence-electron chi connectivity index (χ2n) is 5.51. The van der Waals surface area contributed by atoms with Crippen molar-refractivity contribution in [1.82, 2.24) is 9.38 Å². The quantitative estimate of drug-likeness (QED) is 0.516. The van der Waals surface area contributed by atoms with Crippen molar-refractivity contribution in [1.29, 1.82) is 0 Å². The van der Waals surface area contributed by atoms with Crippen LogP contribution in [-0.4, -0.2) is 15.7 Å². The highest BCUT2D eigenvalue weighted by atomic mass is 16.1. The summed E-state index contributed by atoms with van der Waals surface area (Å²) < 4.78 is 1.92. The molecule has 0 bridgehead atoms. The first kappa shape index (κ1) is 12.8. The van der Waals surface area contributed by atoms with E-state index in [0.717, 1.165) is 23.1 Å². The highest BCUT2D eigenvalue weighted by molar-refractivity contribution is 5.88. The number of aromatic nitrogens is 2. The molecule has 0 saturated heterocycles. The van der Waals surface area contributed by atoms with Crippen molar-refractivity contribution < 1.29 is 4.79 Å². The van der Waals surface area contributed by atoms with Crippen LogP contribution in [0.15, 0.2) is 60.9 Å². The Balaban J connectivity index is 1.94. The number of hydrogen-bond donors (Lipinski definition) is 0. The second kappa shape index (κ2) is 4.81. The average Bonchev–Trinajstić information content (AvgIpc) is 2.97. The van der Waals surface area contributed by atoms with Gasteiger partial charge in [-0.1, -0.05) is 36.4 Å². The molecule has 0 N–H and O–H groups in total. The number of pyridine rings is 1. The third-order valence-electron chi connectivity index (χ3n) is 3.89. The minimum absolute atomic E-state index is 0.618. The van der Waals surface area contributed by atoms with Gasteiger partial charge in [0.1, 0.15) is 5.65 Å². The molecule has 0 fully saturated rings. The van der Waals surface area contributed by atoms with Gasteiger partial charge >= 0.3 is 0 Å². The topological polar surface area (TPSA) is 34.4 Å². The van der Waals surface area contributed by atoms with E-state index in [-0.39, 0.29) is 0 Å². The number of aldehydes is 1. The van der Waals surface area contributed by atoms with Crippen LogP contribution < -0.4 is 0 Å². The molecule has 4 rings (SSSR count). The van der Waals surface area contributed by atoms with Crippen molar-refractivity contribution in [2.24, 2.45) is 0 Å². The smallest absolute Gasteiger partial charge is 0.153 e. The van der Waals surface area contributed by atoms with Crippen molar-refractivity contribution in [2.75, 3.05) is 0 Å². The van der Waals surface area contributed by atoms with Crippen LogP contribution in [0.1, 0.15) is 15.9 Å². The summed E-state index contributed by atoms with van der Waals surface area (Å²) in [5.41, 5.74) is 4.28. The summed E-state index contributed by atoms with van der Waals surface area (Å²) in [4.78, 5) is 15.9. The third-order valence-corrected chi connectivity index (χ3v) is 3.89. The Morgan fingerprint density at radius 3 is 2.64 bits per heavy atom. The summed E-state index contributed by atoms with van der Waals surface area (Å²) in [6.45, 7) is 1.97. The maximum absolute atomic E-state index is 11.2. The van der Waals surface area contributed by atoms with Gasteiger partial charge in [0.25, 0.3) is 0 Å². The number of carbonyl (C=O) groups is 1. The zero-order valence-electron chi connectivity index (χ0n) is 12.2. The summed E-state index contributed by atoms with van der Waals surface area (Å²) in [5.74, 6) is 0. The molecular formula is C19H14N2O. The Kier molecular flexibility index (Phi) is 2.79. The highest BCUT2D eigenvalue weighted by Crippen LogP contribution is 2.25. The molecule has 0 saturated carbocycles. The van der Waals surface area contributed by atoms with Crippen LogP contribution in [0.25, 0.3) is 27.7 Å². The zero-order chi connectivity index (χ0) is 15.1. The van der Waals surface area contributed by atoms with Gasteiger partial charge in [-0.2, -0.15) is 0 Å². The Morgan fingerprint density at radius 2 is 1.82 bits per heavy atom. The molecule has 0 unspecified atom stereocenters. The first-order valence-electron chi connectivity index (χ1n) is 7.18. The summed E-state index contributed by atoms with van der Waals surface area (Å²) in [6, 6.07) is 16.4. The Morgan fingerprint density at radius 1 is 1.00 bits per heavy atom. The number of nitrogens with zero attached hydrogens (tertiary/aromatic N) is 2. The van der Waals surface area contributed by atoms with E-state index >= 15 is 0 Å². The number of hydrogen-bond acceptors (Lipinski definition) is 2. The number of carbonyl (C=O) groups excluding carboxylic acids is 1. The molecule has 0 radical (unpaired) electrons. The van der Waals surface area contributed by atoms with Gasteiger partial charge in [-0.25, -0.2) is 4.98 Å². The summed E-state index contributed by atoms with van der Waals surface area (Å²) in [7, 11) is 0. The third kappa shape index (κ3) is 1.99. The predicted molar refractivity (Wildman–Crippen MR) is 88.3 cm³/mol. The molecule has 0 aliphatic rings. The van der Waals surface area contributed by atoms with Crippen molar-refractivity contribution in [2.45, 2.75) is 6.92 Å². The van der Waals surface area contributed by atoms with E-state index in [1.807, 2.05) is 41.9 Å². The number of benzene rings is 2. The minimum atomic E-state index is 0.618. The Bertz CT molecular complexity index is 1010. The molecule has 2 aromatic heterocycles. The molecule has 106 valence electrons. The Hall–Kier alpha value is -2.94. The highest BCUT2D eigenvalue weighted by Gasteiger charge is 2.09. The number of fused-ring (bicyclic) bond motifs is 2. The van der Waals surface area contributed by atoms with Gasteiger partial charge in [0.2, 0.25) is 0 Å². The molecule has 4 aromatic rings. The molecule has 2 aromatic carbocycles. The van der Waals surface area contributed by atoms with Crippen LogP contribution in [0.3, 0.4) is 0 Å². The zero-order valence-corrected chi connectivity index (χ0v) is 12.2. The largest absolute Gasteiger partial charge is 0.306 e. The minimum Gasteiger partial charge on any atom is -0.306 e. The standard InChI is InChI=1S/C19H14N2O/c1-13-8-17(12-22)19-20-18(11-21(19)10-13)16-7-6-14-4-2-3-5-15(14)9-16/h2-12H,1H3. The van der Waals surface area contributed by atoms with Gasteiger partial charge in [0.15, 0.2) is 6.29 Å². The fourth-order valence-electron chi connectivity index (χ4n) is 2.85. The Labute approximate surface area is 127 Å². The van der Waals surface area contributed by atoms with E-state index in [2.05, 4.69) is 35.3 Å². The van der Waals surface area contributed by atoms with Gasteiger partial charge in [0, 0.05) is 18.0 Å². The van der Waals surface area contributed by atoms with Crippen LogP contribution in [-0.2, 0) is 0 Å². The van der Waals surface area contributed by atoms with Crippen LogP contribution >= 0.6 is 0 Å². The van der Waals surface area contributed by atoms with Gasteiger partial charge in [-0.15, -0.1) is 0 Å². The lowest BCUT2D eigenvalue weighted by Crippen LogP contribution is -1.91. The van der Waals surface area contributed by atoms with E-state index in [1.165, 1.54) is 10.8 Å². The summed E-state index contributed by atoms with van der Waals surface area (Å²) in [6.07, 6.45) is 4.82. The van der Waals surface area contributed by atoms with Crippen molar-refractivity contribution >= 4 is 22.7 Å². The maximum atomic E-state index is 11.2. The summed E-state index contributed by atoms with van der Waals surface area (Å²) >= 11 is 0. The van der Waals surface area contributed by atoms with Gasteiger partial charge < -0.3 is 4.40 Å². The lowest BCUT2D eigenvalue weighted by Gasteiger charge is -2.00. The molecule has 0 amide bonds. The van der Waals surface area contributed by atoms with E-state index in [4.69, 9.17) is 0 Å². The second-order valence-corrected chi connectivity index (χ2v) is 5.51. The summed E-state index contributed by atoms with van der Waals surface area (Å²) in [5, 5.41) is 2.39.